The lowest BCUT2D eigenvalue weighted by Gasteiger charge is -2.21. The molecule has 0 saturated carbocycles. The van der Waals surface area contributed by atoms with Gasteiger partial charge in [0.2, 0.25) is 0 Å². The Labute approximate surface area is 179 Å². The van der Waals surface area contributed by atoms with Crippen LogP contribution in [0.4, 0.5) is 5.69 Å². The fourth-order valence-electron chi connectivity index (χ4n) is 3.78. The monoisotopic (exact) mass is 408 g/mol. The fourth-order valence-corrected chi connectivity index (χ4v) is 3.78. The predicted molar refractivity (Wildman–Crippen MR) is 120 cm³/mol. The van der Waals surface area contributed by atoms with Gasteiger partial charge in [0.1, 0.15) is 5.75 Å². The molecule has 0 aliphatic carbocycles. The van der Waals surface area contributed by atoms with Crippen molar-refractivity contribution in [2.45, 2.75) is 51.9 Å². The van der Waals surface area contributed by atoms with Crippen molar-refractivity contribution in [3.63, 3.8) is 0 Å². The van der Waals surface area contributed by atoms with E-state index in [1.165, 1.54) is 12.8 Å². The topological polar surface area (TPSA) is 58.6 Å². The lowest BCUT2D eigenvalue weighted by atomic mass is 9.96. The molecule has 1 aliphatic rings. The van der Waals surface area contributed by atoms with Gasteiger partial charge in [-0.3, -0.25) is 9.59 Å². The SMILES string of the molecule is CCC(C)c1ccccc1NC(=O)c1ccccc1OCC(=O)N1CCCCCC1. The number of ether oxygens (including phenoxy) is 1. The number of carbonyl (C=O) groups excluding carboxylic acids is 2. The van der Waals surface area contributed by atoms with E-state index in [4.69, 9.17) is 4.74 Å². The lowest BCUT2D eigenvalue weighted by Crippen LogP contribution is -2.35. The number of hydrogen-bond acceptors (Lipinski definition) is 3. The van der Waals surface area contributed by atoms with Crippen molar-refractivity contribution in [3.05, 3.63) is 59.7 Å². The van der Waals surface area contributed by atoms with Crippen molar-refractivity contribution in [2.75, 3.05) is 25.0 Å². The maximum atomic E-state index is 13.0. The highest BCUT2D eigenvalue weighted by atomic mass is 16.5. The third kappa shape index (κ3) is 5.62. The quantitative estimate of drug-likeness (QED) is 0.682. The molecule has 1 fully saturated rings. The number of rotatable bonds is 7. The molecule has 0 radical (unpaired) electrons. The molecule has 0 aromatic heterocycles. The highest BCUT2D eigenvalue weighted by Gasteiger charge is 2.19. The molecule has 5 nitrogen and oxygen atoms in total. The van der Waals surface area contributed by atoms with Crippen molar-refractivity contribution in [1.29, 1.82) is 0 Å². The minimum atomic E-state index is -0.233. The van der Waals surface area contributed by atoms with Crippen LogP contribution in [0, 0.1) is 0 Å². The van der Waals surface area contributed by atoms with Gasteiger partial charge < -0.3 is 15.0 Å². The number of benzene rings is 2. The number of para-hydroxylation sites is 2. The third-order valence-corrected chi connectivity index (χ3v) is 5.79. The summed E-state index contributed by atoms with van der Waals surface area (Å²) in [5.41, 5.74) is 2.36. The normalized spacial score (nSPS) is 15.2. The Kier molecular flexibility index (Phi) is 7.89. The van der Waals surface area contributed by atoms with Crippen molar-refractivity contribution in [1.82, 2.24) is 4.90 Å². The molecular formula is C25H32N2O3. The molecule has 5 heteroatoms. The fraction of sp³-hybridized carbons (Fsp3) is 0.440. The molecule has 160 valence electrons. The number of carbonyl (C=O) groups is 2. The maximum Gasteiger partial charge on any atom is 0.260 e. The van der Waals surface area contributed by atoms with Gasteiger partial charge in [0, 0.05) is 18.8 Å². The van der Waals surface area contributed by atoms with E-state index < -0.39 is 0 Å². The number of nitrogens with zero attached hydrogens (tertiary/aromatic N) is 1. The van der Waals surface area contributed by atoms with Crippen LogP contribution in [-0.2, 0) is 4.79 Å². The highest BCUT2D eigenvalue weighted by molar-refractivity contribution is 6.06. The number of likely N-dealkylation sites (tertiary alicyclic amines) is 1. The Bertz CT molecular complexity index is 857. The summed E-state index contributed by atoms with van der Waals surface area (Å²) < 4.78 is 5.80. The average Bonchev–Trinajstić information content (AvgIpc) is 3.07. The molecule has 2 aromatic rings. The molecule has 1 N–H and O–H groups in total. The molecule has 0 spiro atoms. The Balaban J connectivity index is 1.69. The van der Waals surface area contributed by atoms with E-state index in [-0.39, 0.29) is 18.4 Å². The lowest BCUT2D eigenvalue weighted by molar-refractivity contribution is -0.133. The molecule has 1 unspecified atom stereocenters. The van der Waals surface area contributed by atoms with Gasteiger partial charge in [0.25, 0.3) is 11.8 Å². The number of anilines is 1. The van der Waals surface area contributed by atoms with Crippen LogP contribution in [0.1, 0.15) is 67.8 Å². The first-order valence-corrected chi connectivity index (χ1v) is 11.0. The second-order valence-corrected chi connectivity index (χ2v) is 7.93. The number of amides is 2. The zero-order valence-corrected chi connectivity index (χ0v) is 18.0. The van der Waals surface area contributed by atoms with Crippen molar-refractivity contribution >= 4 is 17.5 Å². The van der Waals surface area contributed by atoms with E-state index in [0.717, 1.165) is 43.6 Å². The van der Waals surface area contributed by atoms with Gasteiger partial charge in [-0.2, -0.15) is 0 Å². The van der Waals surface area contributed by atoms with Crippen molar-refractivity contribution < 1.29 is 14.3 Å². The summed E-state index contributed by atoms with van der Waals surface area (Å²) in [5, 5.41) is 3.03. The zero-order valence-electron chi connectivity index (χ0n) is 18.0. The Morgan fingerprint density at radius 2 is 1.67 bits per heavy atom. The van der Waals surface area contributed by atoms with E-state index in [2.05, 4.69) is 19.2 Å². The van der Waals surface area contributed by atoms with E-state index in [9.17, 15) is 9.59 Å². The van der Waals surface area contributed by atoms with Gasteiger partial charge in [-0.1, -0.05) is 57.0 Å². The third-order valence-electron chi connectivity index (χ3n) is 5.79. The summed E-state index contributed by atoms with van der Waals surface area (Å²) in [6, 6.07) is 15.0. The van der Waals surface area contributed by atoms with Crippen LogP contribution in [0.15, 0.2) is 48.5 Å². The Morgan fingerprint density at radius 3 is 2.40 bits per heavy atom. The minimum absolute atomic E-state index is 0.0192. The average molecular weight is 409 g/mol. The first-order chi connectivity index (χ1) is 14.6. The van der Waals surface area contributed by atoms with Crippen LogP contribution in [-0.4, -0.2) is 36.4 Å². The van der Waals surface area contributed by atoms with Crippen LogP contribution in [0.25, 0.3) is 0 Å². The Hall–Kier alpha value is -2.82. The molecule has 0 bridgehead atoms. The van der Waals surface area contributed by atoms with Crippen LogP contribution in [0.3, 0.4) is 0 Å². The molecule has 2 aromatic carbocycles. The van der Waals surface area contributed by atoms with Crippen LogP contribution >= 0.6 is 0 Å². The second kappa shape index (κ2) is 10.8. The zero-order chi connectivity index (χ0) is 21.3. The molecular weight excluding hydrogens is 376 g/mol. The molecule has 1 heterocycles. The van der Waals surface area contributed by atoms with Crippen LogP contribution in [0.2, 0.25) is 0 Å². The van der Waals surface area contributed by atoms with Gasteiger partial charge in [-0.05, 0) is 48.9 Å². The van der Waals surface area contributed by atoms with Crippen LogP contribution < -0.4 is 10.1 Å². The van der Waals surface area contributed by atoms with Crippen molar-refractivity contribution in [3.8, 4) is 5.75 Å². The van der Waals surface area contributed by atoms with Crippen molar-refractivity contribution in [2.24, 2.45) is 0 Å². The van der Waals surface area contributed by atoms with E-state index >= 15 is 0 Å². The van der Waals surface area contributed by atoms with Crippen LogP contribution in [0.5, 0.6) is 5.75 Å². The summed E-state index contributed by atoms with van der Waals surface area (Å²) in [4.78, 5) is 27.4. The predicted octanol–water partition coefficient (Wildman–Crippen LogP) is 5.23. The van der Waals surface area contributed by atoms with Gasteiger partial charge >= 0.3 is 0 Å². The second-order valence-electron chi connectivity index (χ2n) is 7.93. The molecule has 1 atom stereocenters. The summed E-state index contributed by atoms with van der Waals surface area (Å²) in [7, 11) is 0. The maximum absolute atomic E-state index is 13.0. The van der Waals surface area contributed by atoms with E-state index in [1.807, 2.05) is 35.2 Å². The smallest absolute Gasteiger partial charge is 0.260 e. The summed E-state index contributed by atoms with van der Waals surface area (Å²) in [5.74, 6) is 0.524. The summed E-state index contributed by atoms with van der Waals surface area (Å²) in [6.45, 7) is 5.81. The number of nitrogens with one attached hydrogen (secondary N) is 1. The molecule has 30 heavy (non-hydrogen) atoms. The first kappa shape index (κ1) is 21.9. The molecule has 3 rings (SSSR count). The minimum Gasteiger partial charge on any atom is -0.483 e. The van der Waals surface area contributed by atoms with Gasteiger partial charge in [-0.25, -0.2) is 0 Å². The first-order valence-electron chi connectivity index (χ1n) is 11.0. The van der Waals surface area contributed by atoms with Gasteiger partial charge in [-0.15, -0.1) is 0 Å². The molecule has 1 aliphatic heterocycles. The molecule has 1 saturated heterocycles. The summed E-state index contributed by atoms with van der Waals surface area (Å²) >= 11 is 0. The standard InChI is InChI=1S/C25H32N2O3/c1-3-19(2)20-12-6-8-14-22(20)26-25(29)21-13-7-9-15-23(21)30-18-24(28)27-16-10-4-5-11-17-27/h6-9,12-15,19H,3-5,10-11,16-18H2,1-2H3,(H,26,29). The Morgan fingerprint density at radius 1 is 1.00 bits per heavy atom. The summed E-state index contributed by atoms with van der Waals surface area (Å²) in [6.07, 6.45) is 5.42. The largest absolute Gasteiger partial charge is 0.483 e. The van der Waals surface area contributed by atoms with Gasteiger partial charge in [0.15, 0.2) is 6.61 Å². The molecule has 2 amide bonds. The van der Waals surface area contributed by atoms with E-state index in [1.54, 1.807) is 18.2 Å². The van der Waals surface area contributed by atoms with Gasteiger partial charge in [0.05, 0.1) is 5.56 Å². The van der Waals surface area contributed by atoms with E-state index in [0.29, 0.717) is 17.2 Å². The number of hydrogen-bond donors (Lipinski definition) is 1. The highest BCUT2D eigenvalue weighted by Crippen LogP contribution is 2.28.